The number of urea groups is 1. The van der Waals surface area contributed by atoms with Gasteiger partial charge in [-0.15, -0.1) is 0 Å². The monoisotopic (exact) mass is 292 g/mol. The largest absolute Gasteiger partial charge is 0.358 e. The molecule has 0 unspecified atom stereocenters. The highest BCUT2D eigenvalue weighted by Crippen LogP contribution is 2.23. The van der Waals surface area contributed by atoms with Gasteiger partial charge in [0.05, 0.1) is 28.9 Å². The standard InChI is InChI=1S/C9H10BrClN2O2/c1-12(15-2)9(14)13(10)8-5-3-4-7(11)6-8/h3-6H,1-2H3. The minimum absolute atomic E-state index is 0.347. The van der Waals surface area contributed by atoms with Gasteiger partial charge in [0, 0.05) is 12.1 Å². The highest BCUT2D eigenvalue weighted by molar-refractivity contribution is 9.10. The molecule has 6 heteroatoms. The van der Waals surface area contributed by atoms with Crippen LogP contribution in [0.4, 0.5) is 10.5 Å². The molecule has 4 nitrogen and oxygen atoms in total. The molecular formula is C9H10BrClN2O2. The normalized spacial score (nSPS) is 9.87. The number of carbonyl (C=O) groups is 1. The zero-order valence-corrected chi connectivity index (χ0v) is 10.6. The molecule has 1 rings (SSSR count). The number of halogens is 2. The molecule has 0 atom stereocenters. The number of carbonyl (C=O) groups excluding carboxylic acids is 1. The van der Waals surface area contributed by atoms with Crippen LogP contribution >= 0.6 is 27.7 Å². The molecule has 2 amide bonds. The smallest absolute Gasteiger partial charge is 0.273 e. The fraction of sp³-hybridized carbons (Fsp3) is 0.222. The number of hydrogen-bond donors (Lipinski definition) is 0. The maximum absolute atomic E-state index is 11.6. The van der Waals surface area contributed by atoms with E-state index in [1.165, 1.54) is 18.1 Å². The number of rotatable bonds is 2. The van der Waals surface area contributed by atoms with Crippen LogP contribution < -0.4 is 3.93 Å². The molecule has 0 radical (unpaired) electrons. The van der Waals surface area contributed by atoms with E-state index >= 15 is 0 Å². The Labute approximate surface area is 102 Å². The summed E-state index contributed by atoms with van der Waals surface area (Å²) in [5.74, 6) is 0. The lowest BCUT2D eigenvalue weighted by Crippen LogP contribution is -2.34. The van der Waals surface area contributed by atoms with Crippen LogP contribution in [0.2, 0.25) is 5.02 Å². The van der Waals surface area contributed by atoms with Gasteiger partial charge in [-0.2, -0.15) is 0 Å². The SMILES string of the molecule is CON(C)C(=O)N(Br)c1cccc(Cl)c1. The van der Waals surface area contributed by atoms with E-state index < -0.39 is 0 Å². The van der Waals surface area contributed by atoms with Crippen molar-refractivity contribution >= 4 is 39.5 Å². The van der Waals surface area contributed by atoms with Gasteiger partial charge in [0.25, 0.3) is 0 Å². The zero-order chi connectivity index (χ0) is 11.4. The van der Waals surface area contributed by atoms with Crippen LogP contribution in [0.3, 0.4) is 0 Å². The Kier molecular flexibility index (Phi) is 4.38. The van der Waals surface area contributed by atoms with Crippen molar-refractivity contribution in [2.75, 3.05) is 18.1 Å². The summed E-state index contributed by atoms with van der Waals surface area (Å²) in [6.07, 6.45) is 0. The van der Waals surface area contributed by atoms with E-state index in [9.17, 15) is 4.79 Å². The fourth-order valence-corrected chi connectivity index (χ4v) is 1.54. The quantitative estimate of drug-likeness (QED) is 0.620. The van der Waals surface area contributed by atoms with Crippen LogP contribution in [0.25, 0.3) is 0 Å². The Bertz CT molecular complexity index is 362. The molecule has 0 fully saturated rings. The Morgan fingerprint density at radius 3 is 2.73 bits per heavy atom. The summed E-state index contributed by atoms with van der Waals surface area (Å²) in [6.45, 7) is 0. The van der Waals surface area contributed by atoms with Gasteiger partial charge in [-0.1, -0.05) is 17.7 Å². The van der Waals surface area contributed by atoms with Crippen LogP contribution in [0.1, 0.15) is 0 Å². The van der Waals surface area contributed by atoms with Crippen LogP contribution in [0.5, 0.6) is 0 Å². The Balaban J connectivity index is 2.85. The van der Waals surface area contributed by atoms with Crippen molar-refractivity contribution in [2.24, 2.45) is 0 Å². The maximum atomic E-state index is 11.6. The molecule has 0 N–H and O–H groups in total. The third kappa shape index (κ3) is 3.09. The molecule has 0 heterocycles. The van der Waals surface area contributed by atoms with Crippen LogP contribution in [0, 0.1) is 0 Å². The highest BCUT2D eigenvalue weighted by atomic mass is 79.9. The van der Waals surface area contributed by atoms with E-state index in [4.69, 9.17) is 16.4 Å². The van der Waals surface area contributed by atoms with Crippen LogP contribution in [-0.4, -0.2) is 25.3 Å². The Hall–Kier alpha value is -0.780. The van der Waals surface area contributed by atoms with Gasteiger partial charge < -0.3 is 0 Å². The molecule has 0 aliphatic heterocycles. The number of hydroxylamine groups is 2. The first-order valence-corrected chi connectivity index (χ1v) is 5.18. The minimum atomic E-state index is -0.347. The predicted octanol–water partition coefficient (Wildman–Crippen LogP) is 3.07. The fourth-order valence-electron chi connectivity index (χ4n) is 0.910. The molecule has 15 heavy (non-hydrogen) atoms. The molecular weight excluding hydrogens is 283 g/mol. The van der Waals surface area contributed by atoms with Gasteiger partial charge in [-0.25, -0.2) is 13.8 Å². The Morgan fingerprint density at radius 2 is 2.20 bits per heavy atom. The summed E-state index contributed by atoms with van der Waals surface area (Å²) in [6, 6.07) is 6.56. The zero-order valence-electron chi connectivity index (χ0n) is 8.28. The molecule has 0 saturated carbocycles. The second kappa shape index (κ2) is 5.34. The predicted molar refractivity (Wildman–Crippen MR) is 63.0 cm³/mol. The molecule has 0 spiro atoms. The van der Waals surface area contributed by atoms with Crippen molar-refractivity contribution < 1.29 is 9.63 Å². The van der Waals surface area contributed by atoms with Crippen molar-refractivity contribution in [3.05, 3.63) is 29.3 Å². The summed E-state index contributed by atoms with van der Waals surface area (Å²) in [5.41, 5.74) is 0.636. The van der Waals surface area contributed by atoms with Crippen molar-refractivity contribution in [3.8, 4) is 0 Å². The maximum Gasteiger partial charge on any atom is 0.358 e. The summed E-state index contributed by atoms with van der Waals surface area (Å²) in [5, 5.41) is 1.65. The number of benzene rings is 1. The first-order chi connectivity index (χ1) is 7.06. The van der Waals surface area contributed by atoms with Gasteiger partial charge in [-0.3, -0.25) is 4.84 Å². The highest BCUT2D eigenvalue weighted by Gasteiger charge is 2.17. The van der Waals surface area contributed by atoms with Gasteiger partial charge in [-0.05, 0) is 18.2 Å². The summed E-state index contributed by atoms with van der Waals surface area (Å²) >= 11 is 8.93. The van der Waals surface area contributed by atoms with E-state index in [2.05, 4.69) is 16.1 Å². The minimum Gasteiger partial charge on any atom is -0.273 e. The third-order valence-corrected chi connectivity index (χ3v) is 2.69. The molecule has 0 aliphatic carbocycles. The number of hydrogen-bond acceptors (Lipinski definition) is 2. The molecule has 82 valence electrons. The number of nitrogens with zero attached hydrogens (tertiary/aromatic N) is 2. The van der Waals surface area contributed by atoms with Gasteiger partial charge >= 0.3 is 6.03 Å². The van der Waals surface area contributed by atoms with E-state index in [0.29, 0.717) is 10.7 Å². The summed E-state index contributed by atoms with van der Waals surface area (Å²) < 4.78 is 1.27. The average molecular weight is 294 g/mol. The van der Waals surface area contributed by atoms with E-state index in [0.717, 1.165) is 5.06 Å². The first kappa shape index (κ1) is 12.3. The average Bonchev–Trinajstić information content (AvgIpc) is 2.26. The molecule has 1 aromatic rings. The van der Waals surface area contributed by atoms with Crippen LogP contribution in [-0.2, 0) is 4.84 Å². The Morgan fingerprint density at radius 1 is 1.53 bits per heavy atom. The lowest BCUT2D eigenvalue weighted by atomic mass is 10.3. The number of amides is 2. The molecule has 0 bridgehead atoms. The topological polar surface area (TPSA) is 32.8 Å². The summed E-state index contributed by atoms with van der Waals surface area (Å²) in [7, 11) is 2.93. The second-order valence-electron chi connectivity index (χ2n) is 2.72. The third-order valence-electron chi connectivity index (χ3n) is 1.75. The van der Waals surface area contributed by atoms with Gasteiger partial charge in [0.15, 0.2) is 0 Å². The summed E-state index contributed by atoms with van der Waals surface area (Å²) in [4.78, 5) is 16.4. The van der Waals surface area contributed by atoms with Gasteiger partial charge in [0.2, 0.25) is 0 Å². The molecule has 0 aromatic heterocycles. The van der Waals surface area contributed by atoms with E-state index in [1.807, 2.05) is 0 Å². The van der Waals surface area contributed by atoms with E-state index in [-0.39, 0.29) is 6.03 Å². The molecule has 0 aliphatic rings. The number of anilines is 1. The van der Waals surface area contributed by atoms with Crippen molar-refractivity contribution in [2.45, 2.75) is 0 Å². The molecule has 1 aromatic carbocycles. The first-order valence-electron chi connectivity index (χ1n) is 4.09. The second-order valence-corrected chi connectivity index (χ2v) is 3.87. The van der Waals surface area contributed by atoms with Crippen molar-refractivity contribution in [1.82, 2.24) is 5.06 Å². The van der Waals surface area contributed by atoms with Crippen LogP contribution in [0.15, 0.2) is 24.3 Å². The lowest BCUT2D eigenvalue weighted by Gasteiger charge is -2.20. The van der Waals surface area contributed by atoms with E-state index in [1.54, 1.807) is 24.3 Å². The van der Waals surface area contributed by atoms with Crippen molar-refractivity contribution in [1.29, 1.82) is 0 Å². The molecule has 0 saturated heterocycles. The van der Waals surface area contributed by atoms with Gasteiger partial charge in [0.1, 0.15) is 0 Å². The lowest BCUT2D eigenvalue weighted by molar-refractivity contribution is -0.0608. The van der Waals surface area contributed by atoms with Crippen molar-refractivity contribution in [3.63, 3.8) is 0 Å².